The summed E-state index contributed by atoms with van der Waals surface area (Å²) in [6.45, 7) is 2.34. The van der Waals surface area contributed by atoms with E-state index < -0.39 is 0 Å². The molecule has 0 aromatic carbocycles. The van der Waals surface area contributed by atoms with Crippen LogP contribution >= 0.6 is 0 Å². The van der Waals surface area contributed by atoms with Gasteiger partial charge in [-0.3, -0.25) is 9.79 Å². The lowest BCUT2D eigenvalue weighted by molar-refractivity contribution is -0.121. The molecule has 0 aliphatic carbocycles. The maximum absolute atomic E-state index is 11.3. The van der Waals surface area contributed by atoms with Crippen molar-refractivity contribution in [1.29, 1.82) is 0 Å². The number of carbonyl (C=O) groups excluding carboxylic acids is 1. The van der Waals surface area contributed by atoms with Gasteiger partial charge in [0.15, 0.2) is 5.96 Å². The largest absolute Gasteiger partial charge is 0.359 e. The minimum atomic E-state index is 0.128. The van der Waals surface area contributed by atoms with E-state index in [1.807, 2.05) is 0 Å². The molecule has 0 atom stereocenters. The molecule has 1 fully saturated rings. The molecular weight excluding hydrogens is 228 g/mol. The summed E-state index contributed by atoms with van der Waals surface area (Å²) < 4.78 is 0. The summed E-state index contributed by atoms with van der Waals surface area (Å²) in [5.41, 5.74) is 0. The van der Waals surface area contributed by atoms with Crippen LogP contribution in [0, 0.1) is 18.3 Å². The molecule has 0 spiro atoms. The van der Waals surface area contributed by atoms with Crippen LogP contribution in [-0.2, 0) is 4.79 Å². The molecule has 18 heavy (non-hydrogen) atoms. The highest BCUT2D eigenvalue weighted by Crippen LogP contribution is 2.20. The van der Waals surface area contributed by atoms with Gasteiger partial charge in [0.2, 0.25) is 5.91 Å². The molecule has 2 N–H and O–H groups in total. The van der Waals surface area contributed by atoms with Gasteiger partial charge in [-0.2, -0.15) is 0 Å². The normalized spacial score (nSPS) is 17.2. The predicted octanol–water partition coefficient (Wildman–Crippen LogP) is 0.0431. The number of piperidine rings is 1. The minimum absolute atomic E-state index is 0.128. The van der Waals surface area contributed by atoms with Gasteiger partial charge in [0.25, 0.3) is 0 Å². The fourth-order valence-corrected chi connectivity index (χ4v) is 2.18. The van der Waals surface area contributed by atoms with Crippen molar-refractivity contribution in [2.75, 3.05) is 33.7 Å². The third kappa shape index (κ3) is 4.28. The molecule has 5 nitrogen and oxygen atoms in total. The maximum Gasteiger partial charge on any atom is 0.220 e. The lowest BCUT2D eigenvalue weighted by Gasteiger charge is -2.33. The van der Waals surface area contributed by atoms with E-state index in [0.717, 1.165) is 31.9 Å². The standard InChI is InChI=1S/C13H22N4O/c1-4-7-16-13(15-3)17-8-5-11(6-9-17)10-12(18)14-2/h1,11H,5-10H2,2-3H3,(H,14,18)(H,15,16). The van der Waals surface area contributed by atoms with E-state index in [9.17, 15) is 4.79 Å². The van der Waals surface area contributed by atoms with Gasteiger partial charge < -0.3 is 15.5 Å². The van der Waals surface area contributed by atoms with Crippen LogP contribution in [0.5, 0.6) is 0 Å². The number of hydrogen-bond donors (Lipinski definition) is 2. The zero-order chi connectivity index (χ0) is 13.4. The van der Waals surface area contributed by atoms with Crippen molar-refractivity contribution < 1.29 is 4.79 Å². The number of nitrogens with zero attached hydrogens (tertiary/aromatic N) is 2. The Morgan fingerprint density at radius 2 is 2.17 bits per heavy atom. The van der Waals surface area contributed by atoms with Crippen LogP contribution in [-0.4, -0.2) is 50.5 Å². The SMILES string of the molecule is C#CCNC(=NC)N1CCC(CC(=O)NC)CC1. The van der Waals surface area contributed by atoms with Gasteiger partial charge in [0.05, 0.1) is 6.54 Å². The quantitative estimate of drug-likeness (QED) is 0.422. The molecule has 1 rings (SSSR count). The topological polar surface area (TPSA) is 56.7 Å². The second-order valence-corrected chi connectivity index (χ2v) is 4.41. The number of carbonyl (C=O) groups is 1. The fourth-order valence-electron chi connectivity index (χ4n) is 2.18. The van der Waals surface area contributed by atoms with E-state index in [2.05, 4.69) is 26.4 Å². The summed E-state index contributed by atoms with van der Waals surface area (Å²) in [6.07, 6.45) is 7.88. The molecule has 0 unspecified atom stereocenters. The van der Waals surface area contributed by atoms with Crippen molar-refractivity contribution in [3.8, 4) is 12.3 Å². The lowest BCUT2D eigenvalue weighted by atomic mass is 9.93. The molecule has 0 bridgehead atoms. The molecule has 0 aromatic rings. The number of amides is 1. The first-order valence-corrected chi connectivity index (χ1v) is 6.31. The Hall–Kier alpha value is -1.70. The maximum atomic E-state index is 11.3. The van der Waals surface area contributed by atoms with Crippen molar-refractivity contribution in [1.82, 2.24) is 15.5 Å². The number of guanidine groups is 1. The van der Waals surface area contributed by atoms with E-state index in [-0.39, 0.29) is 5.91 Å². The van der Waals surface area contributed by atoms with Gasteiger partial charge >= 0.3 is 0 Å². The third-order valence-electron chi connectivity index (χ3n) is 3.23. The Bertz CT molecular complexity index is 337. The second-order valence-electron chi connectivity index (χ2n) is 4.41. The first-order valence-electron chi connectivity index (χ1n) is 6.31. The third-order valence-corrected chi connectivity index (χ3v) is 3.23. The van der Waals surface area contributed by atoms with Gasteiger partial charge in [-0.25, -0.2) is 0 Å². The predicted molar refractivity (Wildman–Crippen MR) is 73.2 cm³/mol. The fraction of sp³-hybridized carbons (Fsp3) is 0.692. The molecule has 100 valence electrons. The van der Waals surface area contributed by atoms with Crippen molar-refractivity contribution >= 4 is 11.9 Å². The van der Waals surface area contributed by atoms with E-state index >= 15 is 0 Å². The van der Waals surface area contributed by atoms with Crippen molar-refractivity contribution in [3.63, 3.8) is 0 Å². The molecule has 1 heterocycles. The van der Waals surface area contributed by atoms with Crippen LogP contribution in [0.4, 0.5) is 0 Å². The van der Waals surface area contributed by atoms with Gasteiger partial charge in [0.1, 0.15) is 0 Å². The Kier molecular flexibility index (Phi) is 6.06. The van der Waals surface area contributed by atoms with E-state index in [0.29, 0.717) is 18.9 Å². The van der Waals surface area contributed by atoms with Gasteiger partial charge in [-0.1, -0.05) is 5.92 Å². The van der Waals surface area contributed by atoms with Crippen LogP contribution in [0.15, 0.2) is 4.99 Å². The van der Waals surface area contributed by atoms with E-state index in [1.165, 1.54) is 0 Å². The highest BCUT2D eigenvalue weighted by atomic mass is 16.1. The van der Waals surface area contributed by atoms with E-state index in [4.69, 9.17) is 6.42 Å². The molecule has 0 saturated carbocycles. The smallest absolute Gasteiger partial charge is 0.220 e. The van der Waals surface area contributed by atoms with Gasteiger partial charge in [0, 0.05) is 33.6 Å². The average molecular weight is 250 g/mol. The van der Waals surface area contributed by atoms with Gasteiger partial charge in [-0.05, 0) is 18.8 Å². The Balaban J connectivity index is 2.38. The van der Waals surface area contributed by atoms with Crippen molar-refractivity contribution in [2.45, 2.75) is 19.3 Å². The zero-order valence-corrected chi connectivity index (χ0v) is 11.2. The highest BCUT2D eigenvalue weighted by molar-refractivity contribution is 5.80. The van der Waals surface area contributed by atoms with Gasteiger partial charge in [-0.15, -0.1) is 6.42 Å². The molecular formula is C13H22N4O. The van der Waals surface area contributed by atoms with E-state index in [1.54, 1.807) is 14.1 Å². The number of nitrogens with one attached hydrogen (secondary N) is 2. The zero-order valence-electron chi connectivity index (χ0n) is 11.2. The number of terminal acetylenes is 1. The molecule has 0 aromatic heterocycles. The van der Waals surface area contributed by atoms with Crippen LogP contribution in [0.2, 0.25) is 0 Å². The van der Waals surface area contributed by atoms with Crippen molar-refractivity contribution in [3.05, 3.63) is 0 Å². The first-order chi connectivity index (χ1) is 8.71. The van der Waals surface area contributed by atoms with Crippen LogP contribution < -0.4 is 10.6 Å². The summed E-state index contributed by atoms with van der Waals surface area (Å²) in [5, 5.41) is 5.79. The summed E-state index contributed by atoms with van der Waals surface area (Å²) >= 11 is 0. The molecule has 1 aliphatic heterocycles. The molecule has 1 amide bonds. The number of hydrogen-bond acceptors (Lipinski definition) is 2. The Morgan fingerprint density at radius 1 is 1.50 bits per heavy atom. The number of rotatable bonds is 3. The van der Waals surface area contributed by atoms with Crippen LogP contribution in [0.25, 0.3) is 0 Å². The highest BCUT2D eigenvalue weighted by Gasteiger charge is 2.22. The monoisotopic (exact) mass is 250 g/mol. The Labute approximate surface area is 109 Å². The van der Waals surface area contributed by atoms with Crippen LogP contribution in [0.3, 0.4) is 0 Å². The first kappa shape index (κ1) is 14.4. The Morgan fingerprint density at radius 3 is 2.67 bits per heavy atom. The lowest BCUT2D eigenvalue weighted by Crippen LogP contribution is -2.46. The summed E-state index contributed by atoms with van der Waals surface area (Å²) in [6, 6.07) is 0. The summed E-state index contributed by atoms with van der Waals surface area (Å²) in [4.78, 5) is 17.7. The number of likely N-dealkylation sites (tertiary alicyclic amines) is 1. The second kappa shape index (κ2) is 7.59. The number of aliphatic imine (C=N–C) groups is 1. The van der Waals surface area contributed by atoms with Crippen molar-refractivity contribution in [2.24, 2.45) is 10.9 Å². The molecule has 1 saturated heterocycles. The summed E-state index contributed by atoms with van der Waals surface area (Å²) in [5.74, 6) is 4.00. The molecule has 0 radical (unpaired) electrons. The minimum Gasteiger partial charge on any atom is -0.359 e. The molecule has 1 aliphatic rings. The molecule has 5 heteroatoms. The van der Waals surface area contributed by atoms with Crippen LogP contribution in [0.1, 0.15) is 19.3 Å². The summed E-state index contributed by atoms with van der Waals surface area (Å²) in [7, 11) is 3.44. The average Bonchev–Trinajstić information content (AvgIpc) is 2.41.